The van der Waals surface area contributed by atoms with Gasteiger partial charge in [-0.2, -0.15) is 0 Å². The second-order valence-corrected chi connectivity index (χ2v) is 5.34. The minimum absolute atomic E-state index is 0.105. The molecule has 0 amide bonds. The van der Waals surface area contributed by atoms with Gasteiger partial charge >= 0.3 is 0 Å². The van der Waals surface area contributed by atoms with Crippen molar-refractivity contribution in [3.63, 3.8) is 0 Å². The summed E-state index contributed by atoms with van der Waals surface area (Å²) in [5.74, 6) is 0.903. The summed E-state index contributed by atoms with van der Waals surface area (Å²) in [6.45, 7) is 6.63. The van der Waals surface area contributed by atoms with E-state index in [0.717, 1.165) is 12.8 Å². The molecule has 0 heterocycles. The van der Waals surface area contributed by atoms with E-state index in [9.17, 15) is 4.79 Å². The molecule has 0 spiro atoms. The molecule has 0 N–H and O–H groups in total. The molecule has 1 nitrogen and oxygen atoms in total. The van der Waals surface area contributed by atoms with Gasteiger partial charge in [0.25, 0.3) is 0 Å². The summed E-state index contributed by atoms with van der Waals surface area (Å²) < 4.78 is 0. The van der Waals surface area contributed by atoms with E-state index in [0.29, 0.717) is 17.1 Å². The zero-order valence-corrected chi connectivity index (χ0v) is 8.94. The molecular formula is C9H15BrO. The van der Waals surface area contributed by atoms with Crippen molar-refractivity contribution in [3.05, 3.63) is 0 Å². The standard InChI is InChI=1S/C9H15BrO/c1-6-4-8(11)7(10)5-9(6,2)3/h6-7H,4-5H2,1-3H3/t6-,7+/m1/s1. The van der Waals surface area contributed by atoms with Gasteiger partial charge in [0.05, 0.1) is 4.83 Å². The Balaban J connectivity index is 2.70. The third kappa shape index (κ3) is 1.84. The molecule has 2 heteroatoms. The van der Waals surface area contributed by atoms with Gasteiger partial charge in [0.2, 0.25) is 0 Å². The predicted octanol–water partition coefficient (Wildman–Crippen LogP) is 2.78. The summed E-state index contributed by atoms with van der Waals surface area (Å²) in [5.41, 5.74) is 0.322. The molecule has 1 rings (SSSR count). The summed E-state index contributed by atoms with van der Waals surface area (Å²) in [7, 11) is 0. The van der Waals surface area contributed by atoms with Crippen LogP contribution in [0, 0.1) is 11.3 Å². The van der Waals surface area contributed by atoms with Gasteiger partial charge in [-0.05, 0) is 17.8 Å². The second kappa shape index (κ2) is 2.89. The molecule has 0 radical (unpaired) electrons. The monoisotopic (exact) mass is 218 g/mol. The van der Waals surface area contributed by atoms with Crippen LogP contribution >= 0.6 is 15.9 Å². The van der Waals surface area contributed by atoms with E-state index >= 15 is 0 Å². The highest BCUT2D eigenvalue weighted by Gasteiger charge is 2.37. The highest BCUT2D eigenvalue weighted by Crippen LogP contribution is 2.40. The van der Waals surface area contributed by atoms with Gasteiger partial charge in [-0.1, -0.05) is 36.7 Å². The minimum atomic E-state index is 0.105. The van der Waals surface area contributed by atoms with Gasteiger partial charge in [-0.15, -0.1) is 0 Å². The molecule has 0 aromatic carbocycles. The summed E-state index contributed by atoms with van der Waals surface area (Å²) >= 11 is 3.41. The van der Waals surface area contributed by atoms with Crippen molar-refractivity contribution in [2.75, 3.05) is 0 Å². The SMILES string of the molecule is C[C@@H]1CC(=O)[C@@H](Br)CC1(C)C. The van der Waals surface area contributed by atoms with Crippen molar-refractivity contribution >= 4 is 21.7 Å². The summed E-state index contributed by atoms with van der Waals surface area (Å²) in [5, 5.41) is 0. The van der Waals surface area contributed by atoms with Gasteiger partial charge in [-0.25, -0.2) is 0 Å². The number of Topliss-reactive ketones (excluding diaryl/α,β-unsaturated/α-hetero) is 1. The van der Waals surface area contributed by atoms with Crippen LogP contribution in [0.1, 0.15) is 33.6 Å². The first-order valence-electron chi connectivity index (χ1n) is 4.10. The topological polar surface area (TPSA) is 17.1 Å². The summed E-state index contributed by atoms with van der Waals surface area (Å²) in [6, 6.07) is 0. The van der Waals surface area contributed by atoms with Gasteiger partial charge < -0.3 is 0 Å². The maximum absolute atomic E-state index is 11.2. The van der Waals surface area contributed by atoms with Crippen LogP contribution in [0.5, 0.6) is 0 Å². The van der Waals surface area contributed by atoms with Crippen molar-refractivity contribution in [1.29, 1.82) is 0 Å². The van der Waals surface area contributed by atoms with Crippen molar-refractivity contribution in [2.24, 2.45) is 11.3 Å². The molecule has 64 valence electrons. The van der Waals surface area contributed by atoms with Gasteiger partial charge in [0.15, 0.2) is 0 Å². The van der Waals surface area contributed by atoms with E-state index in [1.807, 2.05) is 0 Å². The summed E-state index contributed by atoms with van der Waals surface area (Å²) in [4.78, 5) is 11.4. The van der Waals surface area contributed by atoms with Crippen LogP contribution in [-0.2, 0) is 4.79 Å². The highest BCUT2D eigenvalue weighted by molar-refractivity contribution is 9.10. The number of rotatable bonds is 0. The Kier molecular flexibility index (Phi) is 2.43. The number of carbonyl (C=O) groups excluding carboxylic acids is 1. The lowest BCUT2D eigenvalue weighted by Gasteiger charge is -2.37. The maximum Gasteiger partial charge on any atom is 0.146 e. The zero-order chi connectivity index (χ0) is 8.65. The third-order valence-electron chi connectivity index (χ3n) is 2.90. The van der Waals surface area contributed by atoms with Crippen molar-refractivity contribution in [3.8, 4) is 0 Å². The van der Waals surface area contributed by atoms with Crippen LogP contribution in [-0.4, -0.2) is 10.6 Å². The van der Waals surface area contributed by atoms with Crippen LogP contribution in [0.25, 0.3) is 0 Å². The van der Waals surface area contributed by atoms with E-state index in [4.69, 9.17) is 0 Å². The highest BCUT2D eigenvalue weighted by atomic mass is 79.9. The molecule has 0 aliphatic heterocycles. The largest absolute Gasteiger partial charge is 0.298 e. The van der Waals surface area contributed by atoms with Crippen LogP contribution < -0.4 is 0 Å². The average Bonchev–Trinajstić information content (AvgIpc) is 1.83. The van der Waals surface area contributed by atoms with Crippen LogP contribution in [0.4, 0.5) is 0 Å². The minimum Gasteiger partial charge on any atom is -0.298 e. The molecule has 0 saturated heterocycles. The van der Waals surface area contributed by atoms with Crippen LogP contribution in [0.15, 0.2) is 0 Å². The number of alkyl halides is 1. The molecule has 1 aliphatic rings. The molecule has 1 fully saturated rings. The maximum atomic E-state index is 11.2. The fraction of sp³-hybridized carbons (Fsp3) is 0.889. The van der Waals surface area contributed by atoms with E-state index < -0.39 is 0 Å². The molecule has 0 bridgehead atoms. The lowest BCUT2D eigenvalue weighted by Crippen LogP contribution is -2.36. The fourth-order valence-electron chi connectivity index (χ4n) is 1.48. The quantitative estimate of drug-likeness (QED) is 0.572. The third-order valence-corrected chi connectivity index (χ3v) is 3.73. The number of carbonyl (C=O) groups is 1. The lowest BCUT2D eigenvalue weighted by molar-refractivity contribution is -0.123. The first-order valence-corrected chi connectivity index (χ1v) is 5.02. The van der Waals surface area contributed by atoms with E-state index in [1.165, 1.54) is 0 Å². The molecule has 0 unspecified atom stereocenters. The smallest absolute Gasteiger partial charge is 0.146 e. The van der Waals surface area contributed by atoms with Crippen molar-refractivity contribution in [1.82, 2.24) is 0 Å². The second-order valence-electron chi connectivity index (χ2n) is 4.23. The zero-order valence-electron chi connectivity index (χ0n) is 7.36. The van der Waals surface area contributed by atoms with Crippen LogP contribution in [0.3, 0.4) is 0 Å². The Hall–Kier alpha value is 0.150. The number of hydrogen-bond acceptors (Lipinski definition) is 1. The van der Waals surface area contributed by atoms with E-state index in [1.54, 1.807) is 0 Å². The molecule has 11 heavy (non-hydrogen) atoms. The molecule has 1 aliphatic carbocycles. The first-order chi connectivity index (χ1) is 4.93. The van der Waals surface area contributed by atoms with Gasteiger partial charge in [-0.3, -0.25) is 4.79 Å². The number of hydrogen-bond donors (Lipinski definition) is 0. The molecule has 1 saturated carbocycles. The number of halogens is 1. The molecule has 2 atom stereocenters. The van der Waals surface area contributed by atoms with Crippen molar-refractivity contribution < 1.29 is 4.79 Å². The number of ketones is 1. The van der Waals surface area contributed by atoms with Crippen molar-refractivity contribution in [2.45, 2.75) is 38.4 Å². The average molecular weight is 219 g/mol. The van der Waals surface area contributed by atoms with Gasteiger partial charge in [0.1, 0.15) is 5.78 Å². The normalized spacial score (nSPS) is 37.3. The Morgan fingerprint density at radius 1 is 1.55 bits per heavy atom. The Morgan fingerprint density at radius 2 is 2.09 bits per heavy atom. The first kappa shape index (κ1) is 9.24. The Bertz CT molecular complexity index is 174. The van der Waals surface area contributed by atoms with Crippen LogP contribution in [0.2, 0.25) is 0 Å². The summed E-state index contributed by atoms with van der Waals surface area (Å²) in [6.07, 6.45) is 1.72. The Morgan fingerprint density at radius 3 is 2.55 bits per heavy atom. The lowest BCUT2D eigenvalue weighted by atomic mass is 9.69. The Labute approximate surface area is 76.7 Å². The van der Waals surface area contributed by atoms with Gasteiger partial charge in [0, 0.05) is 6.42 Å². The molecule has 0 aromatic heterocycles. The molecule has 0 aromatic rings. The van der Waals surface area contributed by atoms with E-state index in [-0.39, 0.29) is 4.83 Å². The van der Waals surface area contributed by atoms with E-state index in [2.05, 4.69) is 36.7 Å². The fourth-order valence-corrected chi connectivity index (χ4v) is 2.50. The predicted molar refractivity (Wildman–Crippen MR) is 49.9 cm³/mol. The molecular weight excluding hydrogens is 204 g/mol.